The molecule has 0 saturated heterocycles. The quantitative estimate of drug-likeness (QED) is 0.646. The van der Waals surface area contributed by atoms with Gasteiger partial charge in [0.25, 0.3) is 5.91 Å². The van der Waals surface area contributed by atoms with Gasteiger partial charge in [-0.1, -0.05) is 0 Å². The minimum Gasteiger partial charge on any atom is -0.395 e. The molecule has 1 aliphatic carbocycles. The molecule has 0 bridgehead atoms. The van der Waals surface area contributed by atoms with Crippen LogP contribution in [0.5, 0.6) is 0 Å². The lowest BCUT2D eigenvalue weighted by Gasteiger charge is -2.14. The molecule has 1 N–H and O–H groups in total. The van der Waals surface area contributed by atoms with E-state index in [1.54, 1.807) is 0 Å². The molecule has 1 saturated carbocycles. The van der Waals surface area contributed by atoms with Crippen molar-refractivity contribution in [2.75, 3.05) is 0 Å². The van der Waals surface area contributed by atoms with Gasteiger partial charge in [0.1, 0.15) is 4.92 Å². The second kappa shape index (κ2) is 4.87. The number of amides is 1. The fraction of sp³-hybridized carbons (Fsp3) is 0.455. The van der Waals surface area contributed by atoms with E-state index in [0.717, 1.165) is 25.3 Å². The maximum absolute atomic E-state index is 11.8. The maximum Gasteiger partial charge on any atom is 0.433 e. The molecule has 0 aliphatic heterocycles. The van der Waals surface area contributed by atoms with Gasteiger partial charge < -0.3 is 9.73 Å². The van der Waals surface area contributed by atoms with E-state index in [4.69, 9.17) is 9.68 Å². The average molecular weight is 249 g/mol. The van der Waals surface area contributed by atoms with Gasteiger partial charge in [-0.3, -0.25) is 14.9 Å². The van der Waals surface area contributed by atoms with Gasteiger partial charge in [0.05, 0.1) is 18.1 Å². The number of furan rings is 1. The Labute approximate surface area is 103 Å². The van der Waals surface area contributed by atoms with E-state index in [-0.39, 0.29) is 17.7 Å². The lowest BCUT2D eigenvalue weighted by Crippen LogP contribution is -2.36. The van der Waals surface area contributed by atoms with Crippen molar-refractivity contribution in [1.82, 2.24) is 5.32 Å². The van der Waals surface area contributed by atoms with Crippen LogP contribution in [0.3, 0.4) is 0 Å². The summed E-state index contributed by atoms with van der Waals surface area (Å²) >= 11 is 0. The molecule has 1 aromatic rings. The van der Waals surface area contributed by atoms with Crippen molar-refractivity contribution in [1.29, 1.82) is 5.26 Å². The second-order valence-electron chi connectivity index (χ2n) is 4.14. The van der Waals surface area contributed by atoms with Gasteiger partial charge in [-0.25, -0.2) is 0 Å². The first-order valence-corrected chi connectivity index (χ1v) is 5.56. The zero-order valence-electron chi connectivity index (χ0n) is 9.46. The third-order valence-corrected chi connectivity index (χ3v) is 2.99. The van der Waals surface area contributed by atoms with Crippen LogP contribution in [0, 0.1) is 27.4 Å². The third kappa shape index (κ3) is 2.32. The number of hydrogen-bond acceptors (Lipinski definition) is 5. The van der Waals surface area contributed by atoms with Crippen molar-refractivity contribution in [2.45, 2.75) is 25.3 Å². The van der Waals surface area contributed by atoms with Gasteiger partial charge >= 0.3 is 5.88 Å². The first-order valence-electron chi connectivity index (χ1n) is 5.56. The zero-order valence-corrected chi connectivity index (χ0v) is 9.46. The molecule has 2 unspecified atom stereocenters. The molecular formula is C11H11N3O4. The summed E-state index contributed by atoms with van der Waals surface area (Å²) < 4.78 is 4.79. The molecule has 1 aromatic heterocycles. The van der Waals surface area contributed by atoms with Gasteiger partial charge in [-0.15, -0.1) is 0 Å². The predicted molar refractivity (Wildman–Crippen MR) is 59.6 cm³/mol. The van der Waals surface area contributed by atoms with Crippen LogP contribution in [0.2, 0.25) is 0 Å². The first-order chi connectivity index (χ1) is 8.61. The number of nitro groups is 1. The highest BCUT2D eigenvalue weighted by Gasteiger charge is 2.29. The van der Waals surface area contributed by atoms with Crippen LogP contribution in [-0.2, 0) is 0 Å². The monoisotopic (exact) mass is 249 g/mol. The molecule has 94 valence electrons. The smallest absolute Gasteiger partial charge is 0.395 e. The molecule has 0 spiro atoms. The van der Waals surface area contributed by atoms with Crippen molar-refractivity contribution in [3.8, 4) is 6.07 Å². The van der Waals surface area contributed by atoms with E-state index in [1.165, 1.54) is 6.07 Å². The van der Waals surface area contributed by atoms with E-state index < -0.39 is 16.7 Å². The van der Waals surface area contributed by atoms with Crippen LogP contribution in [0.15, 0.2) is 16.5 Å². The normalized spacial score (nSPS) is 22.4. The van der Waals surface area contributed by atoms with Gasteiger partial charge in [0.2, 0.25) is 0 Å². The summed E-state index contributed by atoms with van der Waals surface area (Å²) in [5.74, 6) is -1.29. The Morgan fingerprint density at radius 3 is 2.94 bits per heavy atom. The Bertz CT molecular complexity index is 517. The summed E-state index contributed by atoms with van der Waals surface area (Å²) in [5.41, 5.74) is 0. The van der Waals surface area contributed by atoms with Crippen molar-refractivity contribution in [3.63, 3.8) is 0 Å². The Kier molecular flexibility index (Phi) is 3.28. The molecule has 1 aliphatic rings. The Morgan fingerprint density at radius 2 is 2.33 bits per heavy atom. The van der Waals surface area contributed by atoms with E-state index in [9.17, 15) is 14.9 Å². The van der Waals surface area contributed by atoms with Gasteiger partial charge in [-0.05, 0) is 25.3 Å². The Hall–Kier alpha value is -2.36. The zero-order chi connectivity index (χ0) is 13.1. The van der Waals surface area contributed by atoms with E-state index in [0.29, 0.717) is 0 Å². The van der Waals surface area contributed by atoms with E-state index >= 15 is 0 Å². The summed E-state index contributed by atoms with van der Waals surface area (Å²) in [7, 11) is 0. The predicted octanol–water partition coefficient (Wildman–Crippen LogP) is 1.61. The van der Waals surface area contributed by atoms with Crippen molar-refractivity contribution >= 4 is 11.8 Å². The lowest BCUT2D eigenvalue weighted by atomic mass is 10.1. The fourth-order valence-electron chi connectivity index (χ4n) is 2.07. The maximum atomic E-state index is 11.8. The molecule has 1 fully saturated rings. The van der Waals surface area contributed by atoms with Gasteiger partial charge in [-0.2, -0.15) is 5.26 Å². The van der Waals surface area contributed by atoms with Crippen molar-refractivity contribution in [2.24, 2.45) is 5.92 Å². The molecule has 0 aromatic carbocycles. The molecule has 2 atom stereocenters. The molecule has 7 heteroatoms. The average Bonchev–Trinajstić information content (AvgIpc) is 2.96. The first kappa shape index (κ1) is 12.1. The molecule has 0 radical (unpaired) electrons. The topological polar surface area (TPSA) is 109 Å². The summed E-state index contributed by atoms with van der Waals surface area (Å²) in [6, 6.07) is 4.32. The van der Waals surface area contributed by atoms with Crippen LogP contribution in [0.1, 0.15) is 29.8 Å². The second-order valence-corrected chi connectivity index (χ2v) is 4.14. The molecule has 18 heavy (non-hydrogen) atoms. The van der Waals surface area contributed by atoms with E-state index in [2.05, 4.69) is 11.4 Å². The van der Waals surface area contributed by atoms with Crippen molar-refractivity contribution < 1.29 is 14.1 Å². The number of carbonyl (C=O) groups is 1. The number of hydrogen-bond donors (Lipinski definition) is 1. The highest BCUT2D eigenvalue weighted by Crippen LogP contribution is 2.25. The molecular weight excluding hydrogens is 238 g/mol. The minimum absolute atomic E-state index is 0.106. The standard InChI is InChI=1S/C11H11N3O4/c12-6-7-2-1-3-8(7)13-11(15)9-4-5-10(18-9)14(16)17/h4-5,7-8H,1-3H2,(H,13,15). The lowest BCUT2D eigenvalue weighted by molar-refractivity contribution is -0.402. The van der Waals surface area contributed by atoms with Crippen LogP contribution in [0.25, 0.3) is 0 Å². The summed E-state index contributed by atoms with van der Waals surface area (Å²) in [4.78, 5) is 21.5. The number of nitriles is 1. The molecule has 1 amide bonds. The SMILES string of the molecule is N#CC1CCCC1NC(=O)c1ccc([N+](=O)[O-])o1. The number of carbonyl (C=O) groups excluding carboxylic acids is 1. The van der Waals surface area contributed by atoms with Crippen LogP contribution in [0.4, 0.5) is 5.88 Å². The third-order valence-electron chi connectivity index (χ3n) is 2.99. The van der Waals surface area contributed by atoms with Gasteiger partial charge in [0.15, 0.2) is 5.76 Å². The van der Waals surface area contributed by atoms with E-state index in [1.807, 2.05) is 0 Å². The molecule has 2 rings (SSSR count). The highest BCUT2D eigenvalue weighted by molar-refractivity contribution is 5.91. The highest BCUT2D eigenvalue weighted by atomic mass is 16.6. The molecule has 7 nitrogen and oxygen atoms in total. The fourth-order valence-corrected chi connectivity index (χ4v) is 2.07. The number of nitrogens with zero attached hydrogens (tertiary/aromatic N) is 2. The number of nitrogens with one attached hydrogen (secondary N) is 1. The Balaban J connectivity index is 2.03. The summed E-state index contributed by atoms with van der Waals surface area (Å²) in [6.45, 7) is 0. The number of rotatable bonds is 3. The molecule has 1 heterocycles. The van der Waals surface area contributed by atoms with Crippen LogP contribution < -0.4 is 5.32 Å². The minimum atomic E-state index is -0.704. The van der Waals surface area contributed by atoms with Crippen molar-refractivity contribution in [3.05, 3.63) is 28.0 Å². The summed E-state index contributed by atoms with van der Waals surface area (Å²) in [5, 5.41) is 22.0. The summed E-state index contributed by atoms with van der Waals surface area (Å²) in [6.07, 6.45) is 2.40. The largest absolute Gasteiger partial charge is 0.433 e. The van der Waals surface area contributed by atoms with Gasteiger partial charge in [0, 0.05) is 6.04 Å². The Morgan fingerprint density at radius 1 is 1.56 bits per heavy atom. The van der Waals surface area contributed by atoms with Crippen LogP contribution in [-0.4, -0.2) is 16.9 Å². The van der Waals surface area contributed by atoms with Crippen LogP contribution >= 0.6 is 0 Å².